The molecule has 2 aromatic carbocycles. The average molecular weight is 314 g/mol. The number of hydrogen-bond donors (Lipinski definition) is 2. The molecular weight excluding hydrogens is 288 g/mol. The summed E-state index contributed by atoms with van der Waals surface area (Å²) < 4.78 is 0. The van der Waals surface area contributed by atoms with Gasteiger partial charge in [0.15, 0.2) is 0 Å². The van der Waals surface area contributed by atoms with E-state index in [1.807, 2.05) is 62.4 Å². The standard InChI is InChI=1S/C10H12O2.C10H14O/c1-8(7-10(11)12)9-5-3-2-4-6-9;1-9(8-11)7-10-5-3-2-4-6-10/h2-6,8H,7H2,1H3,(H,11,12);2-6,9,11H,7-8H2,1H3. The molecule has 2 N–H and O–H groups in total. The summed E-state index contributed by atoms with van der Waals surface area (Å²) in [5, 5.41) is 17.3. The highest BCUT2D eigenvalue weighted by Crippen LogP contribution is 2.17. The minimum Gasteiger partial charge on any atom is -0.481 e. The molecule has 0 fully saturated rings. The van der Waals surface area contributed by atoms with Crippen molar-refractivity contribution in [3.8, 4) is 0 Å². The van der Waals surface area contributed by atoms with Crippen LogP contribution in [0.4, 0.5) is 0 Å². The van der Waals surface area contributed by atoms with E-state index in [1.165, 1.54) is 5.56 Å². The Morgan fingerprint density at radius 1 is 0.957 bits per heavy atom. The zero-order valence-electron chi connectivity index (χ0n) is 13.9. The van der Waals surface area contributed by atoms with Gasteiger partial charge in [0, 0.05) is 6.61 Å². The minimum absolute atomic E-state index is 0.101. The molecule has 3 heteroatoms. The summed E-state index contributed by atoms with van der Waals surface area (Å²) >= 11 is 0. The first-order chi connectivity index (χ1) is 11.0. The number of benzene rings is 2. The smallest absolute Gasteiger partial charge is 0.303 e. The van der Waals surface area contributed by atoms with E-state index in [0.717, 1.165) is 12.0 Å². The number of carboxylic acids is 1. The van der Waals surface area contributed by atoms with E-state index < -0.39 is 5.97 Å². The molecule has 3 nitrogen and oxygen atoms in total. The van der Waals surface area contributed by atoms with Crippen LogP contribution in [0, 0.1) is 5.92 Å². The van der Waals surface area contributed by atoms with E-state index in [9.17, 15) is 4.79 Å². The third-order valence-electron chi connectivity index (χ3n) is 3.59. The van der Waals surface area contributed by atoms with E-state index >= 15 is 0 Å². The van der Waals surface area contributed by atoms with E-state index in [1.54, 1.807) is 0 Å². The van der Waals surface area contributed by atoms with E-state index in [4.69, 9.17) is 10.2 Å². The van der Waals surface area contributed by atoms with Crippen molar-refractivity contribution >= 4 is 5.97 Å². The number of carboxylic acid groups (broad SMARTS) is 1. The molecule has 0 saturated heterocycles. The molecule has 2 unspecified atom stereocenters. The average Bonchev–Trinajstić information content (AvgIpc) is 2.56. The maximum Gasteiger partial charge on any atom is 0.303 e. The first kappa shape index (κ1) is 18.9. The van der Waals surface area contributed by atoms with Gasteiger partial charge in [-0.05, 0) is 29.4 Å². The normalized spacial score (nSPS) is 12.7. The molecule has 0 amide bonds. The van der Waals surface area contributed by atoms with Crippen LogP contribution < -0.4 is 0 Å². The summed E-state index contributed by atoms with van der Waals surface area (Å²) in [5.41, 5.74) is 2.38. The topological polar surface area (TPSA) is 57.5 Å². The Bertz CT molecular complexity index is 552. The summed E-state index contributed by atoms with van der Waals surface area (Å²) in [4.78, 5) is 10.4. The van der Waals surface area contributed by atoms with Gasteiger partial charge >= 0.3 is 5.97 Å². The van der Waals surface area contributed by atoms with Crippen LogP contribution in [0.5, 0.6) is 0 Å². The van der Waals surface area contributed by atoms with Crippen molar-refractivity contribution in [1.82, 2.24) is 0 Å². The Morgan fingerprint density at radius 3 is 1.96 bits per heavy atom. The summed E-state index contributed by atoms with van der Waals surface area (Å²) in [7, 11) is 0. The Hall–Kier alpha value is -2.13. The Kier molecular flexibility index (Phi) is 8.70. The second-order valence-corrected chi connectivity index (χ2v) is 5.89. The van der Waals surface area contributed by atoms with Gasteiger partial charge in [-0.2, -0.15) is 0 Å². The number of aliphatic carboxylic acids is 1. The lowest BCUT2D eigenvalue weighted by molar-refractivity contribution is -0.137. The number of aliphatic hydroxyl groups excluding tert-OH is 1. The maximum absolute atomic E-state index is 10.4. The van der Waals surface area contributed by atoms with Crippen LogP contribution in [0.1, 0.15) is 37.3 Å². The fourth-order valence-electron chi connectivity index (χ4n) is 2.24. The third-order valence-corrected chi connectivity index (χ3v) is 3.59. The van der Waals surface area contributed by atoms with Crippen LogP contribution in [-0.4, -0.2) is 22.8 Å². The van der Waals surface area contributed by atoms with E-state index in [0.29, 0.717) is 5.92 Å². The van der Waals surface area contributed by atoms with E-state index in [2.05, 4.69) is 12.1 Å². The molecule has 0 aliphatic carbocycles. The largest absolute Gasteiger partial charge is 0.481 e. The molecule has 2 rings (SSSR count). The van der Waals surface area contributed by atoms with Crippen LogP contribution in [0.3, 0.4) is 0 Å². The highest BCUT2D eigenvalue weighted by Gasteiger charge is 2.08. The molecule has 0 heterocycles. The first-order valence-electron chi connectivity index (χ1n) is 7.94. The molecule has 0 radical (unpaired) electrons. The molecule has 0 bridgehead atoms. The summed E-state index contributed by atoms with van der Waals surface area (Å²) in [5.74, 6) is -0.271. The molecule has 2 aromatic rings. The van der Waals surface area contributed by atoms with Gasteiger partial charge < -0.3 is 10.2 Å². The second kappa shape index (κ2) is 10.6. The molecular formula is C20H26O3. The number of carbonyl (C=O) groups is 1. The van der Waals surface area contributed by atoms with Crippen molar-refractivity contribution in [3.63, 3.8) is 0 Å². The summed E-state index contributed by atoms with van der Waals surface area (Å²) in [6.07, 6.45) is 1.17. The lowest BCUT2D eigenvalue weighted by Crippen LogP contribution is -2.03. The quantitative estimate of drug-likeness (QED) is 0.843. The molecule has 0 spiro atoms. The van der Waals surface area contributed by atoms with Gasteiger partial charge in [0.05, 0.1) is 6.42 Å². The van der Waals surface area contributed by atoms with Crippen molar-refractivity contribution in [3.05, 3.63) is 71.8 Å². The van der Waals surface area contributed by atoms with Crippen molar-refractivity contribution in [2.45, 2.75) is 32.6 Å². The second-order valence-electron chi connectivity index (χ2n) is 5.89. The lowest BCUT2D eigenvalue weighted by Gasteiger charge is -2.07. The zero-order valence-corrected chi connectivity index (χ0v) is 13.9. The fraction of sp³-hybridized carbons (Fsp3) is 0.350. The Balaban J connectivity index is 0.000000231. The summed E-state index contributed by atoms with van der Waals surface area (Å²) in [6, 6.07) is 19.9. The van der Waals surface area contributed by atoms with Crippen molar-refractivity contribution in [2.24, 2.45) is 5.92 Å². The molecule has 0 aliphatic rings. The van der Waals surface area contributed by atoms with Crippen LogP contribution in [-0.2, 0) is 11.2 Å². The van der Waals surface area contributed by atoms with Crippen LogP contribution in [0.2, 0.25) is 0 Å². The van der Waals surface area contributed by atoms with Crippen molar-refractivity contribution in [1.29, 1.82) is 0 Å². The molecule has 0 saturated carbocycles. The van der Waals surface area contributed by atoms with Crippen molar-refractivity contribution in [2.75, 3.05) is 6.61 Å². The highest BCUT2D eigenvalue weighted by molar-refractivity contribution is 5.67. The van der Waals surface area contributed by atoms with Gasteiger partial charge in [-0.25, -0.2) is 0 Å². The van der Waals surface area contributed by atoms with Crippen LogP contribution >= 0.6 is 0 Å². The van der Waals surface area contributed by atoms with Gasteiger partial charge in [-0.15, -0.1) is 0 Å². The van der Waals surface area contributed by atoms with Gasteiger partial charge in [0.25, 0.3) is 0 Å². The van der Waals surface area contributed by atoms with Crippen LogP contribution in [0.15, 0.2) is 60.7 Å². The van der Waals surface area contributed by atoms with Gasteiger partial charge in [0.2, 0.25) is 0 Å². The lowest BCUT2D eigenvalue weighted by atomic mass is 9.98. The first-order valence-corrected chi connectivity index (χ1v) is 7.94. The fourth-order valence-corrected chi connectivity index (χ4v) is 2.24. The minimum atomic E-state index is -0.744. The van der Waals surface area contributed by atoms with Gasteiger partial charge in [-0.3, -0.25) is 4.79 Å². The Labute approximate surface area is 138 Å². The maximum atomic E-state index is 10.4. The Morgan fingerprint density at radius 2 is 1.48 bits per heavy atom. The number of aliphatic hydroxyl groups is 1. The molecule has 124 valence electrons. The zero-order chi connectivity index (χ0) is 17.1. The number of rotatable bonds is 6. The molecule has 0 aliphatic heterocycles. The van der Waals surface area contributed by atoms with Crippen LogP contribution in [0.25, 0.3) is 0 Å². The van der Waals surface area contributed by atoms with Gasteiger partial charge in [-0.1, -0.05) is 74.5 Å². The molecule has 2 atom stereocenters. The van der Waals surface area contributed by atoms with Gasteiger partial charge in [0.1, 0.15) is 0 Å². The van der Waals surface area contributed by atoms with Crippen molar-refractivity contribution < 1.29 is 15.0 Å². The SMILES string of the molecule is CC(CC(=O)O)c1ccccc1.CC(CO)Cc1ccccc1. The predicted octanol–water partition coefficient (Wildman–Crippen LogP) is 4.12. The predicted molar refractivity (Wildman–Crippen MR) is 93.5 cm³/mol. The molecule has 0 aromatic heterocycles. The third kappa shape index (κ3) is 8.17. The summed E-state index contributed by atoms with van der Waals surface area (Å²) in [6.45, 7) is 4.24. The highest BCUT2D eigenvalue weighted by atomic mass is 16.4. The monoisotopic (exact) mass is 314 g/mol. The molecule has 23 heavy (non-hydrogen) atoms. The van der Waals surface area contributed by atoms with E-state index in [-0.39, 0.29) is 18.9 Å². The number of hydrogen-bond acceptors (Lipinski definition) is 2.